The number of aryl methyl sites for hydroxylation is 1. The fourth-order valence-electron chi connectivity index (χ4n) is 0.934. The van der Waals surface area contributed by atoms with Crippen LogP contribution in [0.2, 0.25) is 0 Å². The second-order valence-electron chi connectivity index (χ2n) is 2.81. The quantitative estimate of drug-likeness (QED) is 0.764. The van der Waals surface area contributed by atoms with Gasteiger partial charge >= 0.3 is 0 Å². The van der Waals surface area contributed by atoms with Crippen LogP contribution in [0.25, 0.3) is 0 Å². The largest absolute Gasteiger partial charge is 0.459 e. The van der Waals surface area contributed by atoms with E-state index in [1.54, 1.807) is 37.4 Å². The molecule has 0 fully saturated rings. The molecule has 1 N–H and O–H groups in total. The number of aromatic amines is 1. The van der Waals surface area contributed by atoms with E-state index in [1.165, 1.54) is 0 Å². The van der Waals surface area contributed by atoms with Gasteiger partial charge in [0.05, 0.1) is 5.69 Å². The van der Waals surface area contributed by atoms with Crippen molar-refractivity contribution >= 4 is 12.6 Å². The zero-order valence-electron chi connectivity index (χ0n) is 8.27. The number of H-pyrrole nitrogens is 1. The van der Waals surface area contributed by atoms with Crippen LogP contribution in [-0.4, -0.2) is 17.6 Å². The van der Waals surface area contributed by atoms with Gasteiger partial charge < -0.3 is 9.40 Å². The summed E-state index contributed by atoms with van der Waals surface area (Å²) < 4.78 is 4.86. The summed E-state index contributed by atoms with van der Waals surface area (Å²) in [5, 5.41) is 0. The maximum absolute atomic E-state index is 9.93. The summed E-state index contributed by atoms with van der Waals surface area (Å²) in [5.41, 5.74) is 0.625. The lowest BCUT2D eigenvalue weighted by atomic mass is 10.5. The molecule has 0 aliphatic rings. The van der Waals surface area contributed by atoms with E-state index in [1.807, 2.05) is 0 Å². The number of hydrogen-bond acceptors (Lipinski definition) is 3. The van der Waals surface area contributed by atoms with Gasteiger partial charge in [0.2, 0.25) is 0 Å². The zero-order valence-corrected chi connectivity index (χ0v) is 8.27. The first-order chi connectivity index (χ1) is 7.26. The van der Waals surface area contributed by atoms with Crippen LogP contribution in [0.5, 0.6) is 0 Å². The van der Waals surface area contributed by atoms with Gasteiger partial charge in [-0.25, -0.2) is 0 Å². The Morgan fingerprint density at radius 3 is 2.27 bits per heavy atom. The smallest absolute Gasteiger partial charge is 0.185 e. The van der Waals surface area contributed by atoms with Crippen LogP contribution in [0.4, 0.5) is 0 Å². The molecule has 0 aliphatic heterocycles. The summed E-state index contributed by atoms with van der Waals surface area (Å²) in [4.78, 5) is 22.5. The van der Waals surface area contributed by atoms with Crippen LogP contribution >= 0.6 is 0 Å². The number of carbonyl (C=O) groups excluding carboxylic acids is 2. The van der Waals surface area contributed by atoms with Crippen molar-refractivity contribution in [1.82, 2.24) is 4.98 Å². The molecular formula is C11H11NO3. The first-order valence-corrected chi connectivity index (χ1v) is 4.36. The molecule has 0 amide bonds. The van der Waals surface area contributed by atoms with Crippen LogP contribution in [0.15, 0.2) is 34.9 Å². The Morgan fingerprint density at radius 2 is 2.00 bits per heavy atom. The molecule has 4 nitrogen and oxygen atoms in total. The molecule has 2 heterocycles. The maximum atomic E-state index is 9.93. The van der Waals surface area contributed by atoms with Gasteiger partial charge in [-0.15, -0.1) is 0 Å². The number of furan rings is 1. The Bertz CT molecular complexity index is 415. The van der Waals surface area contributed by atoms with Gasteiger partial charge in [0.15, 0.2) is 18.3 Å². The van der Waals surface area contributed by atoms with Crippen LogP contribution in [0.1, 0.15) is 26.8 Å². The third-order valence-electron chi connectivity index (χ3n) is 1.63. The van der Waals surface area contributed by atoms with Crippen LogP contribution in [-0.2, 0) is 0 Å². The molecule has 0 spiro atoms. The lowest BCUT2D eigenvalue weighted by Gasteiger charge is -1.75. The number of nitrogens with one attached hydrogen (secondary N) is 1. The van der Waals surface area contributed by atoms with E-state index in [0.717, 1.165) is 12.0 Å². The summed E-state index contributed by atoms with van der Waals surface area (Å²) in [6.45, 7) is 1.80. The molecule has 4 heteroatoms. The van der Waals surface area contributed by atoms with Crippen molar-refractivity contribution in [3.8, 4) is 0 Å². The number of aromatic nitrogens is 1. The normalized spacial score (nSPS) is 8.87. The van der Waals surface area contributed by atoms with E-state index in [9.17, 15) is 9.59 Å². The van der Waals surface area contributed by atoms with Crippen LogP contribution < -0.4 is 0 Å². The summed E-state index contributed by atoms with van der Waals surface area (Å²) >= 11 is 0. The summed E-state index contributed by atoms with van der Waals surface area (Å²) in [5.74, 6) is 1.16. The van der Waals surface area contributed by atoms with Crippen molar-refractivity contribution in [3.05, 3.63) is 47.7 Å². The van der Waals surface area contributed by atoms with Crippen molar-refractivity contribution in [2.24, 2.45) is 0 Å². The summed E-state index contributed by atoms with van der Waals surface area (Å²) in [6.07, 6.45) is 3.18. The second-order valence-corrected chi connectivity index (χ2v) is 2.81. The maximum Gasteiger partial charge on any atom is 0.185 e. The molecule has 78 valence electrons. The van der Waals surface area contributed by atoms with Crippen molar-refractivity contribution in [1.29, 1.82) is 0 Å². The van der Waals surface area contributed by atoms with Crippen LogP contribution in [0, 0.1) is 6.92 Å². The predicted molar refractivity (Wildman–Crippen MR) is 55.0 cm³/mol. The SMILES string of the molecule is Cc1ccc(C=O)o1.O=Cc1ccc[nH]1. The molecule has 0 atom stereocenters. The molecule has 0 radical (unpaired) electrons. The molecule has 0 aromatic carbocycles. The van der Waals surface area contributed by atoms with Gasteiger partial charge in [-0.05, 0) is 31.2 Å². The highest BCUT2D eigenvalue weighted by molar-refractivity contribution is 5.71. The average molecular weight is 205 g/mol. The van der Waals surface area contributed by atoms with Crippen molar-refractivity contribution in [2.75, 3.05) is 0 Å². The van der Waals surface area contributed by atoms with Gasteiger partial charge in [-0.1, -0.05) is 0 Å². The van der Waals surface area contributed by atoms with Gasteiger partial charge in [0.25, 0.3) is 0 Å². The van der Waals surface area contributed by atoms with E-state index in [-0.39, 0.29) is 0 Å². The van der Waals surface area contributed by atoms with Gasteiger partial charge in [-0.3, -0.25) is 9.59 Å². The van der Waals surface area contributed by atoms with Crippen molar-refractivity contribution in [2.45, 2.75) is 6.92 Å². The van der Waals surface area contributed by atoms with E-state index >= 15 is 0 Å². The number of aldehydes is 2. The minimum atomic E-state index is 0.391. The predicted octanol–water partition coefficient (Wildman–Crippen LogP) is 2.23. The highest BCUT2D eigenvalue weighted by Gasteiger charge is 1.91. The highest BCUT2D eigenvalue weighted by atomic mass is 16.3. The fraction of sp³-hybridized carbons (Fsp3) is 0.0909. The molecule has 0 saturated heterocycles. The Kier molecular flexibility index (Phi) is 4.09. The van der Waals surface area contributed by atoms with E-state index in [4.69, 9.17) is 4.42 Å². The first kappa shape index (κ1) is 11.0. The van der Waals surface area contributed by atoms with E-state index in [2.05, 4.69) is 4.98 Å². The summed E-state index contributed by atoms with van der Waals surface area (Å²) in [6, 6.07) is 6.89. The Labute approximate surface area is 86.9 Å². The molecule has 15 heavy (non-hydrogen) atoms. The average Bonchev–Trinajstić information content (AvgIpc) is 2.88. The molecule has 2 aromatic heterocycles. The third-order valence-corrected chi connectivity index (χ3v) is 1.63. The topological polar surface area (TPSA) is 63.1 Å². The lowest BCUT2D eigenvalue weighted by molar-refractivity contribution is 0.109. The van der Waals surface area contributed by atoms with Crippen molar-refractivity contribution < 1.29 is 14.0 Å². The van der Waals surface area contributed by atoms with Crippen molar-refractivity contribution in [3.63, 3.8) is 0 Å². The second kappa shape index (κ2) is 5.59. The molecule has 0 bridgehead atoms. The molecule has 0 saturated carbocycles. The van der Waals surface area contributed by atoms with Gasteiger partial charge in [-0.2, -0.15) is 0 Å². The molecular weight excluding hydrogens is 194 g/mol. The number of hydrogen-bond donors (Lipinski definition) is 1. The molecule has 0 aliphatic carbocycles. The standard InChI is InChI=1S/C6H6O2.C5H5NO/c1-5-2-3-6(4-7)8-5;7-4-5-2-1-3-6-5/h2-4H,1H3;1-4,6H. The fourth-order valence-corrected chi connectivity index (χ4v) is 0.934. The monoisotopic (exact) mass is 205 g/mol. The Hall–Kier alpha value is -2.10. The molecule has 2 rings (SSSR count). The Balaban J connectivity index is 0.000000151. The van der Waals surface area contributed by atoms with E-state index < -0.39 is 0 Å². The zero-order chi connectivity index (χ0) is 11.1. The Morgan fingerprint density at radius 1 is 1.20 bits per heavy atom. The minimum Gasteiger partial charge on any atom is -0.459 e. The van der Waals surface area contributed by atoms with Gasteiger partial charge in [0, 0.05) is 6.20 Å². The third kappa shape index (κ3) is 3.64. The molecule has 0 unspecified atom stereocenters. The van der Waals surface area contributed by atoms with E-state index in [0.29, 0.717) is 17.7 Å². The number of rotatable bonds is 2. The van der Waals surface area contributed by atoms with Gasteiger partial charge in [0.1, 0.15) is 5.76 Å². The summed E-state index contributed by atoms with van der Waals surface area (Å²) in [7, 11) is 0. The minimum absolute atomic E-state index is 0.391. The van der Waals surface area contributed by atoms with Crippen LogP contribution in [0.3, 0.4) is 0 Å². The number of carbonyl (C=O) groups is 2. The molecule has 2 aromatic rings. The highest BCUT2D eigenvalue weighted by Crippen LogP contribution is 2.01. The lowest BCUT2D eigenvalue weighted by Crippen LogP contribution is -1.72. The first-order valence-electron chi connectivity index (χ1n) is 4.36.